The third-order valence-electron chi connectivity index (χ3n) is 2.35. The number of carbonyl (C=O) groups is 1. The molecule has 0 saturated carbocycles. The van der Waals surface area contributed by atoms with Gasteiger partial charge in [0.1, 0.15) is 12.3 Å². The van der Waals surface area contributed by atoms with E-state index in [1.54, 1.807) is 26.2 Å². The van der Waals surface area contributed by atoms with Crippen LogP contribution in [-0.2, 0) is 16.0 Å². The van der Waals surface area contributed by atoms with E-state index in [-0.39, 0.29) is 18.3 Å². The molecule has 1 heterocycles. The van der Waals surface area contributed by atoms with Crippen molar-refractivity contribution in [1.82, 2.24) is 5.32 Å². The van der Waals surface area contributed by atoms with Crippen molar-refractivity contribution in [3.8, 4) is 0 Å². The molecule has 0 aliphatic rings. The summed E-state index contributed by atoms with van der Waals surface area (Å²) >= 11 is 0. The van der Waals surface area contributed by atoms with Crippen molar-refractivity contribution in [3.63, 3.8) is 0 Å². The number of nitrogens with zero attached hydrogens (tertiary/aromatic N) is 1. The number of esters is 1. The third-order valence-corrected chi connectivity index (χ3v) is 2.35. The minimum absolute atomic E-state index is 0.0652. The number of hydrogen-bond donors (Lipinski definition) is 2. The quantitative estimate of drug-likeness (QED) is 0.438. The largest absolute Gasteiger partial charge is 0.460 e. The Morgan fingerprint density at radius 2 is 2.30 bits per heavy atom. The summed E-state index contributed by atoms with van der Waals surface area (Å²) in [4.78, 5) is 15.5. The van der Waals surface area contributed by atoms with Crippen LogP contribution in [0.25, 0.3) is 0 Å². The van der Waals surface area contributed by atoms with Crippen LogP contribution in [0.4, 0.5) is 0 Å². The van der Waals surface area contributed by atoms with Crippen LogP contribution >= 0.6 is 0 Å². The molecule has 0 spiro atoms. The van der Waals surface area contributed by atoms with E-state index in [0.29, 0.717) is 24.9 Å². The summed E-state index contributed by atoms with van der Waals surface area (Å²) < 4.78 is 15.1. The molecule has 0 aliphatic heterocycles. The van der Waals surface area contributed by atoms with Gasteiger partial charge in [0.05, 0.1) is 13.2 Å². The molecular weight excluding hydrogens is 262 g/mol. The van der Waals surface area contributed by atoms with Gasteiger partial charge < -0.3 is 24.9 Å². The van der Waals surface area contributed by atoms with E-state index in [0.717, 1.165) is 0 Å². The van der Waals surface area contributed by atoms with Crippen molar-refractivity contribution >= 4 is 11.9 Å². The van der Waals surface area contributed by atoms with Crippen LogP contribution in [0.2, 0.25) is 0 Å². The van der Waals surface area contributed by atoms with Crippen molar-refractivity contribution in [1.29, 1.82) is 0 Å². The number of aliphatic imine (C=N–C) groups is 1. The van der Waals surface area contributed by atoms with Gasteiger partial charge in [-0.25, -0.2) is 9.79 Å². The Labute approximate surface area is 118 Å². The van der Waals surface area contributed by atoms with Gasteiger partial charge in [-0.15, -0.1) is 0 Å². The van der Waals surface area contributed by atoms with Crippen molar-refractivity contribution < 1.29 is 18.7 Å². The molecule has 0 fully saturated rings. The van der Waals surface area contributed by atoms with Gasteiger partial charge in [-0.3, -0.25) is 0 Å². The number of carbonyl (C=O) groups excluding carboxylic acids is 1. The maximum atomic E-state index is 11.4. The highest BCUT2D eigenvalue weighted by Crippen LogP contribution is 2.10. The molecule has 1 atom stereocenters. The lowest BCUT2D eigenvalue weighted by Gasteiger charge is -2.12. The Kier molecular flexibility index (Phi) is 6.58. The average molecular weight is 283 g/mol. The van der Waals surface area contributed by atoms with Crippen LogP contribution in [-0.4, -0.2) is 38.3 Å². The molecule has 0 aliphatic carbocycles. The van der Waals surface area contributed by atoms with E-state index >= 15 is 0 Å². The van der Waals surface area contributed by atoms with E-state index in [4.69, 9.17) is 19.6 Å². The van der Waals surface area contributed by atoms with Gasteiger partial charge in [0.2, 0.25) is 5.76 Å². The highest BCUT2D eigenvalue weighted by molar-refractivity contribution is 5.86. The average Bonchev–Trinajstić information content (AvgIpc) is 2.85. The fourth-order valence-electron chi connectivity index (χ4n) is 1.53. The summed E-state index contributed by atoms with van der Waals surface area (Å²) in [5.74, 6) is 0.514. The van der Waals surface area contributed by atoms with Gasteiger partial charge in [0, 0.05) is 13.2 Å². The molecule has 0 bridgehead atoms. The van der Waals surface area contributed by atoms with Gasteiger partial charge in [0.25, 0.3) is 0 Å². The minimum Gasteiger partial charge on any atom is -0.460 e. The highest BCUT2D eigenvalue weighted by atomic mass is 16.5. The Morgan fingerprint density at radius 3 is 2.95 bits per heavy atom. The topological polar surface area (TPSA) is 99.1 Å². The maximum absolute atomic E-state index is 11.4. The predicted octanol–water partition coefficient (Wildman–Crippen LogP) is 0.896. The number of nitrogens with two attached hydrogens (primary N) is 1. The molecule has 0 amide bonds. The van der Waals surface area contributed by atoms with Crippen molar-refractivity contribution in [2.24, 2.45) is 10.7 Å². The number of nitrogens with one attached hydrogen (secondary N) is 1. The molecule has 7 heteroatoms. The standard InChI is InChI=1S/C13H21N3O4/c1-4-19-12(17)11-6-5-10(20-11)7-15-13(14)16-9(2)8-18-3/h5-6,9H,4,7-8H2,1-3H3,(H3,14,15,16). The molecule has 112 valence electrons. The van der Waals surface area contributed by atoms with Gasteiger partial charge in [-0.1, -0.05) is 0 Å². The second kappa shape index (κ2) is 8.21. The van der Waals surface area contributed by atoms with E-state index in [1.165, 1.54) is 0 Å². The number of ether oxygens (including phenoxy) is 2. The number of furan rings is 1. The van der Waals surface area contributed by atoms with Crippen LogP contribution in [0.5, 0.6) is 0 Å². The normalized spacial score (nSPS) is 13.1. The van der Waals surface area contributed by atoms with Crippen LogP contribution in [0.1, 0.15) is 30.2 Å². The Hall–Kier alpha value is -2.02. The summed E-state index contributed by atoms with van der Waals surface area (Å²) in [5, 5.41) is 2.97. The minimum atomic E-state index is -0.484. The van der Waals surface area contributed by atoms with Crippen LogP contribution in [0.15, 0.2) is 21.5 Å². The molecule has 3 N–H and O–H groups in total. The van der Waals surface area contributed by atoms with Gasteiger partial charge >= 0.3 is 5.97 Å². The number of rotatable bonds is 7. The van der Waals surface area contributed by atoms with E-state index in [9.17, 15) is 4.79 Å². The van der Waals surface area contributed by atoms with Crippen LogP contribution in [0, 0.1) is 0 Å². The number of guanidine groups is 1. The van der Waals surface area contributed by atoms with Crippen molar-refractivity contribution in [2.45, 2.75) is 26.4 Å². The zero-order valence-electron chi connectivity index (χ0n) is 12.0. The van der Waals surface area contributed by atoms with Crippen molar-refractivity contribution in [3.05, 3.63) is 23.7 Å². The maximum Gasteiger partial charge on any atom is 0.374 e. The molecule has 1 aromatic rings. The molecule has 0 radical (unpaired) electrons. The monoisotopic (exact) mass is 283 g/mol. The smallest absolute Gasteiger partial charge is 0.374 e. The molecule has 1 unspecified atom stereocenters. The molecule has 1 aromatic heterocycles. The number of hydrogen-bond acceptors (Lipinski definition) is 5. The first-order valence-corrected chi connectivity index (χ1v) is 6.38. The first-order chi connectivity index (χ1) is 9.56. The van der Waals surface area contributed by atoms with E-state index in [1.807, 2.05) is 6.92 Å². The Morgan fingerprint density at radius 1 is 1.55 bits per heavy atom. The Balaban J connectivity index is 2.50. The molecular formula is C13H21N3O4. The highest BCUT2D eigenvalue weighted by Gasteiger charge is 2.11. The zero-order valence-corrected chi connectivity index (χ0v) is 12.0. The summed E-state index contributed by atoms with van der Waals surface area (Å²) in [6.07, 6.45) is 0. The van der Waals surface area contributed by atoms with E-state index in [2.05, 4.69) is 10.3 Å². The first kappa shape index (κ1) is 16.0. The zero-order chi connectivity index (χ0) is 15.0. The number of methoxy groups -OCH3 is 1. The van der Waals surface area contributed by atoms with E-state index < -0.39 is 5.97 Å². The predicted molar refractivity (Wildman–Crippen MR) is 74.5 cm³/mol. The fourth-order valence-corrected chi connectivity index (χ4v) is 1.53. The lowest BCUT2D eigenvalue weighted by molar-refractivity contribution is 0.0488. The summed E-state index contributed by atoms with van der Waals surface area (Å²) in [5.41, 5.74) is 5.72. The summed E-state index contributed by atoms with van der Waals surface area (Å²) in [6.45, 7) is 4.75. The lowest BCUT2D eigenvalue weighted by atomic mass is 10.4. The molecule has 7 nitrogen and oxygen atoms in total. The second-order valence-electron chi connectivity index (χ2n) is 4.19. The first-order valence-electron chi connectivity index (χ1n) is 6.38. The van der Waals surface area contributed by atoms with Gasteiger partial charge in [0.15, 0.2) is 5.96 Å². The molecule has 0 aromatic carbocycles. The second-order valence-corrected chi connectivity index (χ2v) is 4.19. The lowest BCUT2D eigenvalue weighted by Crippen LogP contribution is -2.40. The molecule has 0 saturated heterocycles. The Bertz CT molecular complexity index is 456. The van der Waals surface area contributed by atoms with Gasteiger partial charge in [-0.05, 0) is 26.0 Å². The van der Waals surface area contributed by atoms with Gasteiger partial charge in [-0.2, -0.15) is 0 Å². The molecule has 1 rings (SSSR count). The third kappa shape index (κ3) is 5.31. The summed E-state index contributed by atoms with van der Waals surface area (Å²) in [7, 11) is 1.62. The van der Waals surface area contributed by atoms with Crippen LogP contribution in [0.3, 0.4) is 0 Å². The van der Waals surface area contributed by atoms with Crippen LogP contribution < -0.4 is 11.1 Å². The summed E-state index contributed by atoms with van der Waals surface area (Å²) in [6, 6.07) is 3.29. The van der Waals surface area contributed by atoms with Crippen molar-refractivity contribution in [2.75, 3.05) is 20.3 Å². The fraction of sp³-hybridized carbons (Fsp3) is 0.538. The SMILES string of the molecule is CCOC(=O)c1ccc(CN=C(N)NC(C)COC)o1. The molecule has 20 heavy (non-hydrogen) atoms.